The summed E-state index contributed by atoms with van der Waals surface area (Å²) in [6.45, 7) is 11.1. The molecule has 2 rings (SSSR count). The van der Waals surface area contributed by atoms with Gasteiger partial charge in [-0.2, -0.15) is 0 Å². The van der Waals surface area contributed by atoms with E-state index in [0.29, 0.717) is 6.61 Å². The third kappa shape index (κ3) is 11.0. The summed E-state index contributed by atoms with van der Waals surface area (Å²) in [7, 11) is 1.77. The Morgan fingerprint density at radius 1 is 1.00 bits per heavy atom. The zero-order valence-electron chi connectivity index (χ0n) is 22.6. The zero-order chi connectivity index (χ0) is 26.4. The number of esters is 1. The summed E-state index contributed by atoms with van der Waals surface area (Å²) in [5.74, 6) is 0.478. The Kier molecular flexibility index (Phi) is 12.1. The highest BCUT2D eigenvalue weighted by atomic mass is 16.6. The molecule has 0 unspecified atom stereocenters. The molecule has 0 atom stereocenters. The predicted octanol–water partition coefficient (Wildman–Crippen LogP) is 6.13. The van der Waals surface area contributed by atoms with Crippen LogP contribution in [-0.4, -0.2) is 61.4 Å². The molecule has 2 aromatic carbocycles. The molecule has 194 valence electrons. The van der Waals surface area contributed by atoms with Gasteiger partial charge < -0.3 is 14.4 Å². The maximum absolute atomic E-state index is 11.8. The number of hydrogen-bond donors (Lipinski definition) is 0. The molecular weight excluding hydrogens is 450 g/mol. The molecule has 0 aliphatic carbocycles. The number of amidine groups is 1. The first kappa shape index (κ1) is 29.0. The number of ether oxygens (including phenoxy) is 2. The Hall–Kier alpha value is -3.25. The zero-order valence-corrected chi connectivity index (χ0v) is 22.6. The highest BCUT2D eigenvalue weighted by Gasteiger charge is 2.17. The Bertz CT molecular complexity index is 1010. The van der Waals surface area contributed by atoms with Gasteiger partial charge in [0, 0.05) is 31.8 Å². The van der Waals surface area contributed by atoms with Crippen LogP contribution in [0.1, 0.15) is 58.6 Å². The minimum atomic E-state index is -0.498. The quantitative estimate of drug-likeness (QED) is 0.118. The number of carbonyl (C=O) groups is 1. The van der Waals surface area contributed by atoms with E-state index in [0.717, 1.165) is 42.0 Å². The number of nitrogens with zero attached hydrogens (tertiary/aromatic N) is 3. The number of unbranched alkanes of at least 4 members (excludes halogenated alkanes) is 1. The monoisotopic (exact) mass is 491 g/mol. The highest BCUT2D eigenvalue weighted by molar-refractivity contribution is 6.30. The van der Waals surface area contributed by atoms with E-state index >= 15 is 0 Å². The van der Waals surface area contributed by atoms with E-state index in [9.17, 15) is 4.79 Å². The average Bonchev–Trinajstić information content (AvgIpc) is 2.83. The standard InChI is InChI=1S/C30H41N3O3/c1-24(2)33(19-13-14-20-35-23-29(34)36-30(3,4)5)28(22-31-6)32-27(26-17-11-8-12-18-26)21-25-15-9-7-10-16-25/h7-12,15-18,21-22,24H,13-14,19-20,23H2,1-6H3/b27-21+,31-22?,32-28?. The van der Waals surface area contributed by atoms with Crippen LogP contribution in [0, 0.1) is 0 Å². The second kappa shape index (κ2) is 15.0. The van der Waals surface area contributed by atoms with E-state index in [1.54, 1.807) is 7.05 Å². The maximum atomic E-state index is 11.8. The van der Waals surface area contributed by atoms with Gasteiger partial charge in [-0.05, 0) is 59.1 Å². The van der Waals surface area contributed by atoms with Crippen LogP contribution >= 0.6 is 0 Å². The van der Waals surface area contributed by atoms with E-state index in [-0.39, 0.29) is 18.6 Å². The molecule has 0 N–H and O–H groups in total. The lowest BCUT2D eigenvalue weighted by atomic mass is 10.1. The van der Waals surface area contributed by atoms with E-state index < -0.39 is 5.60 Å². The summed E-state index contributed by atoms with van der Waals surface area (Å²) in [6, 6.07) is 20.6. The van der Waals surface area contributed by atoms with E-state index in [2.05, 4.69) is 54.1 Å². The maximum Gasteiger partial charge on any atom is 0.332 e. The summed E-state index contributed by atoms with van der Waals surface area (Å²) >= 11 is 0. The van der Waals surface area contributed by atoms with Crippen LogP contribution < -0.4 is 0 Å². The summed E-state index contributed by atoms with van der Waals surface area (Å²) in [5, 5.41) is 0. The molecule has 6 nitrogen and oxygen atoms in total. The Morgan fingerprint density at radius 2 is 1.64 bits per heavy atom. The van der Waals surface area contributed by atoms with Crippen LogP contribution in [0.2, 0.25) is 0 Å². The summed E-state index contributed by atoms with van der Waals surface area (Å²) < 4.78 is 10.8. The first-order valence-corrected chi connectivity index (χ1v) is 12.6. The number of hydrogen-bond acceptors (Lipinski definition) is 5. The molecule has 0 heterocycles. The fraction of sp³-hybridized carbons (Fsp3) is 0.433. The molecule has 0 saturated carbocycles. The number of carbonyl (C=O) groups excluding carboxylic acids is 1. The van der Waals surface area contributed by atoms with E-state index in [4.69, 9.17) is 14.5 Å². The third-order valence-electron chi connectivity index (χ3n) is 5.15. The van der Waals surface area contributed by atoms with Crippen LogP contribution in [0.3, 0.4) is 0 Å². The van der Waals surface area contributed by atoms with Gasteiger partial charge >= 0.3 is 5.97 Å². The van der Waals surface area contributed by atoms with Gasteiger partial charge in [0.1, 0.15) is 18.0 Å². The van der Waals surface area contributed by atoms with Gasteiger partial charge in [-0.15, -0.1) is 0 Å². The number of benzene rings is 2. The van der Waals surface area contributed by atoms with Gasteiger partial charge in [-0.3, -0.25) is 4.99 Å². The average molecular weight is 492 g/mol. The van der Waals surface area contributed by atoms with Gasteiger partial charge in [0.25, 0.3) is 0 Å². The Labute approximate surface area is 216 Å². The van der Waals surface area contributed by atoms with Crippen molar-refractivity contribution in [3.8, 4) is 0 Å². The van der Waals surface area contributed by atoms with Crippen molar-refractivity contribution in [1.82, 2.24) is 4.90 Å². The van der Waals surface area contributed by atoms with Crippen LogP contribution in [-0.2, 0) is 14.3 Å². The normalized spacial score (nSPS) is 12.9. The SMILES string of the molecule is CN=CC(=N/C(=C/c1ccccc1)c1ccccc1)N(CCCCOCC(=O)OC(C)(C)C)C(C)C. The topological polar surface area (TPSA) is 63.5 Å². The molecule has 0 bridgehead atoms. The largest absolute Gasteiger partial charge is 0.458 e. The van der Waals surface area contributed by atoms with Crippen LogP contribution in [0.5, 0.6) is 0 Å². The predicted molar refractivity (Wildman–Crippen MR) is 150 cm³/mol. The summed E-state index contributed by atoms with van der Waals surface area (Å²) in [4.78, 5) is 23.4. The summed E-state index contributed by atoms with van der Waals surface area (Å²) in [6.07, 6.45) is 5.64. The van der Waals surface area contributed by atoms with Crippen molar-refractivity contribution in [2.24, 2.45) is 9.98 Å². The van der Waals surface area contributed by atoms with E-state index in [1.807, 2.05) is 63.4 Å². The molecule has 0 spiro atoms. The van der Waals surface area contributed by atoms with Crippen molar-refractivity contribution in [2.75, 3.05) is 26.8 Å². The second-order valence-electron chi connectivity index (χ2n) is 9.80. The molecule has 0 fully saturated rings. The van der Waals surface area contributed by atoms with Crippen molar-refractivity contribution in [3.05, 3.63) is 71.8 Å². The molecule has 36 heavy (non-hydrogen) atoms. The Balaban J connectivity index is 2.12. The molecule has 6 heteroatoms. The summed E-state index contributed by atoms with van der Waals surface area (Å²) in [5.41, 5.74) is 2.51. The molecule has 0 saturated heterocycles. The second-order valence-corrected chi connectivity index (χ2v) is 9.80. The molecule has 0 aromatic heterocycles. The number of rotatable bonds is 12. The van der Waals surface area contributed by atoms with E-state index in [1.165, 1.54) is 0 Å². The highest BCUT2D eigenvalue weighted by Crippen LogP contribution is 2.21. The minimum Gasteiger partial charge on any atom is -0.458 e. The molecular formula is C30H41N3O3. The minimum absolute atomic E-state index is 0.0227. The first-order valence-electron chi connectivity index (χ1n) is 12.6. The smallest absolute Gasteiger partial charge is 0.332 e. The number of aliphatic imine (C=N–C) groups is 2. The van der Waals surface area contributed by atoms with Gasteiger partial charge in [-0.25, -0.2) is 9.79 Å². The van der Waals surface area contributed by atoms with Crippen molar-refractivity contribution < 1.29 is 14.3 Å². The van der Waals surface area contributed by atoms with Crippen molar-refractivity contribution in [1.29, 1.82) is 0 Å². The lowest BCUT2D eigenvalue weighted by molar-refractivity contribution is -0.160. The lowest BCUT2D eigenvalue weighted by Crippen LogP contribution is -2.38. The molecule has 0 amide bonds. The van der Waals surface area contributed by atoms with Gasteiger partial charge in [0.05, 0.1) is 11.9 Å². The fourth-order valence-corrected chi connectivity index (χ4v) is 3.55. The van der Waals surface area contributed by atoms with Crippen molar-refractivity contribution in [2.45, 2.75) is 59.1 Å². The molecule has 0 aliphatic rings. The van der Waals surface area contributed by atoms with Crippen LogP contribution in [0.4, 0.5) is 0 Å². The van der Waals surface area contributed by atoms with Crippen molar-refractivity contribution in [3.63, 3.8) is 0 Å². The first-order chi connectivity index (χ1) is 17.2. The van der Waals surface area contributed by atoms with Crippen LogP contribution in [0.25, 0.3) is 11.8 Å². The van der Waals surface area contributed by atoms with Crippen molar-refractivity contribution >= 4 is 29.8 Å². The fourth-order valence-electron chi connectivity index (χ4n) is 3.55. The third-order valence-corrected chi connectivity index (χ3v) is 5.15. The van der Waals surface area contributed by atoms with Gasteiger partial charge in [0.2, 0.25) is 0 Å². The van der Waals surface area contributed by atoms with Gasteiger partial charge in [0.15, 0.2) is 0 Å². The molecule has 0 radical (unpaired) electrons. The molecule has 2 aromatic rings. The lowest BCUT2D eigenvalue weighted by Gasteiger charge is -2.28. The van der Waals surface area contributed by atoms with Gasteiger partial charge in [-0.1, -0.05) is 60.7 Å². The molecule has 0 aliphatic heterocycles. The Morgan fingerprint density at radius 3 is 2.22 bits per heavy atom. The van der Waals surface area contributed by atoms with Crippen LogP contribution in [0.15, 0.2) is 70.6 Å².